The summed E-state index contributed by atoms with van der Waals surface area (Å²) in [7, 11) is 1.44. The minimum absolute atomic E-state index is 0.169. The Kier molecular flexibility index (Phi) is 4.96. The summed E-state index contributed by atoms with van der Waals surface area (Å²) in [5, 5.41) is 2.77. The van der Waals surface area contributed by atoms with Gasteiger partial charge < -0.3 is 5.32 Å². The molecule has 5 nitrogen and oxygen atoms in total. The molecule has 1 heterocycles. The van der Waals surface area contributed by atoms with Gasteiger partial charge in [0.2, 0.25) is 5.91 Å². The molecule has 1 N–H and O–H groups in total. The molecule has 0 radical (unpaired) electrons. The van der Waals surface area contributed by atoms with Crippen LogP contribution in [0.3, 0.4) is 0 Å². The van der Waals surface area contributed by atoms with Crippen LogP contribution in [0.5, 0.6) is 0 Å². The standard InChI is InChI=1S/C18H15BrN2O3S/c1-10-7-11(19)3-6-15(10)25-9-16(22)20-12-4-5-13-14(8-12)18(24)21(2)17(13)23/h3-8H,9H2,1-2H3,(H,20,22). The number of carbonyl (C=O) groups is 3. The summed E-state index contributed by atoms with van der Waals surface area (Å²) in [6, 6.07) is 10.7. The summed E-state index contributed by atoms with van der Waals surface area (Å²) < 4.78 is 1.00. The summed E-state index contributed by atoms with van der Waals surface area (Å²) >= 11 is 4.86. The Bertz CT molecular complexity index is 898. The molecular weight excluding hydrogens is 404 g/mol. The first kappa shape index (κ1) is 17.7. The van der Waals surface area contributed by atoms with Crippen LogP contribution in [0.1, 0.15) is 26.3 Å². The average molecular weight is 419 g/mol. The Balaban J connectivity index is 1.66. The van der Waals surface area contributed by atoms with Gasteiger partial charge in [0, 0.05) is 22.1 Å². The lowest BCUT2D eigenvalue weighted by Crippen LogP contribution is -2.24. The van der Waals surface area contributed by atoms with Crippen LogP contribution in [-0.2, 0) is 4.79 Å². The molecule has 2 aromatic carbocycles. The molecule has 0 aliphatic carbocycles. The largest absolute Gasteiger partial charge is 0.325 e. The van der Waals surface area contributed by atoms with Gasteiger partial charge in [-0.1, -0.05) is 15.9 Å². The number of nitrogens with zero attached hydrogens (tertiary/aromatic N) is 1. The second kappa shape index (κ2) is 7.01. The molecule has 0 saturated carbocycles. The van der Waals surface area contributed by atoms with Gasteiger partial charge in [-0.2, -0.15) is 0 Å². The first-order valence-electron chi connectivity index (χ1n) is 7.52. The highest BCUT2D eigenvalue weighted by molar-refractivity contribution is 9.10. The second-order valence-corrected chi connectivity index (χ2v) is 7.61. The van der Waals surface area contributed by atoms with Crippen LogP contribution < -0.4 is 5.32 Å². The third-order valence-electron chi connectivity index (χ3n) is 3.87. The van der Waals surface area contributed by atoms with Crippen molar-refractivity contribution in [2.45, 2.75) is 11.8 Å². The Hall–Kier alpha value is -2.12. The van der Waals surface area contributed by atoms with E-state index >= 15 is 0 Å². The van der Waals surface area contributed by atoms with Crippen LogP contribution in [0.4, 0.5) is 5.69 Å². The van der Waals surface area contributed by atoms with Gasteiger partial charge >= 0.3 is 0 Å². The van der Waals surface area contributed by atoms with Crippen LogP contribution in [0.2, 0.25) is 0 Å². The van der Waals surface area contributed by atoms with Gasteiger partial charge in [0.05, 0.1) is 16.9 Å². The van der Waals surface area contributed by atoms with E-state index in [0.717, 1.165) is 19.8 Å². The molecule has 3 rings (SSSR count). The number of halogens is 1. The van der Waals surface area contributed by atoms with Crippen LogP contribution >= 0.6 is 27.7 Å². The van der Waals surface area contributed by atoms with Crippen LogP contribution in [0.25, 0.3) is 0 Å². The van der Waals surface area contributed by atoms with E-state index in [4.69, 9.17) is 0 Å². The summed E-state index contributed by atoms with van der Waals surface area (Å²) in [5.41, 5.74) is 2.29. The topological polar surface area (TPSA) is 66.5 Å². The number of thioether (sulfide) groups is 1. The monoisotopic (exact) mass is 418 g/mol. The number of hydrogen-bond donors (Lipinski definition) is 1. The third-order valence-corrected chi connectivity index (χ3v) is 5.54. The molecule has 0 spiro atoms. The molecule has 25 heavy (non-hydrogen) atoms. The molecule has 7 heteroatoms. The molecule has 0 aromatic heterocycles. The van der Waals surface area contributed by atoms with Crippen LogP contribution in [-0.4, -0.2) is 35.4 Å². The van der Waals surface area contributed by atoms with Gasteiger partial charge in [-0.25, -0.2) is 0 Å². The average Bonchev–Trinajstić information content (AvgIpc) is 2.78. The number of amides is 3. The number of hydrogen-bond acceptors (Lipinski definition) is 4. The number of fused-ring (bicyclic) bond motifs is 1. The molecule has 0 bridgehead atoms. The van der Waals surface area contributed by atoms with Gasteiger partial charge in [-0.3, -0.25) is 19.3 Å². The highest BCUT2D eigenvalue weighted by atomic mass is 79.9. The molecule has 3 amide bonds. The van der Waals surface area contributed by atoms with Gasteiger partial charge in [0.1, 0.15) is 0 Å². The van der Waals surface area contributed by atoms with Crippen molar-refractivity contribution in [2.75, 3.05) is 18.1 Å². The summed E-state index contributed by atoms with van der Waals surface area (Å²) in [4.78, 5) is 38.2. The van der Waals surface area contributed by atoms with Crippen molar-refractivity contribution in [3.63, 3.8) is 0 Å². The van der Waals surface area contributed by atoms with Crippen molar-refractivity contribution >= 4 is 51.1 Å². The van der Waals surface area contributed by atoms with E-state index in [0.29, 0.717) is 16.8 Å². The van der Waals surface area contributed by atoms with Crippen LogP contribution in [0.15, 0.2) is 45.8 Å². The van der Waals surface area contributed by atoms with Crippen LogP contribution in [0, 0.1) is 6.92 Å². The Labute approximate surface area is 157 Å². The van der Waals surface area contributed by atoms with E-state index in [1.165, 1.54) is 18.8 Å². The van der Waals surface area contributed by atoms with Crippen molar-refractivity contribution in [3.05, 3.63) is 57.6 Å². The summed E-state index contributed by atoms with van der Waals surface area (Å²) in [6.07, 6.45) is 0. The zero-order chi connectivity index (χ0) is 18.1. The fourth-order valence-electron chi connectivity index (χ4n) is 2.55. The minimum atomic E-state index is -0.351. The number of anilines is 1. The lowest BCUT2D eigenvalue weighted by atomic mass is 10.1. The first-order chi connectivity index (χ1) is 11.9. The zero-order valence-corrected chi connectivity index (χ0v) is 16.0. The van der Waals surface area contributed by atoms with E-state index in [1.807, 2.05) is 25.1 Å². The Morgan fingerprint density at radius 3 is 2.56 bits per heavy atom. The normalized spacial score (nSPS) is 13.2. The molecule has 0 atom stereocenters. The molecule has 2 aromatic rings. The summed E-state index contributed by atoms with van der Waals surface area (Å²) in [5.74, 6) is -0.584. The predicted molar refractivity (Wildman–Crippen MR) is 101 cm³/mol. The SMILES string of the molecule is Cc1cc(Br)ccc1SCC(=O)Nc1ccc2c(c1)C(=O)N(C)C2=O. The fourth-order valence-corrected chi connectivity index (χ4v) is 3.84. The number of rotatable bonds is 4. The number of benzene rings is 2. The Morgan fingerprint density at radius 2 is 1.84 bits per heavy atom. The van der Waals surface area contributed by atoms with E-state index in [9.17, 15) is 14.4 Å². The molecule has 0 unspecified atom stereocenters. The van der Waals surface area contributed by atoms with Crippen molar-refractivity contribution in [2.24, 2.45) is 0 Å². The van der Waals surface area contributed by atoms with Crippen molar-refractivity contribution < 1.29 is 14.4 Å². The predicted octanol–water partition coefficient (Wildman–Crippen LogP) is 3.71. The quantitative estimate of drug-likeness (QED) is 0.606. The molecule has 1 aliphatic rings. The molecule has 1 aliphatic heterocycles. The summed E-state index contributed by atoms with van der Waals surface area (Å²) in [6.45, 7) is 1.99. The lowest BCUT2D eigenvalue weighted by Gasteiger charge is -2.08. The fraction of sp³-hybridized carbons (Fsp3) is 0.167. The van der Waals surface area contributed by atoms with E-state index in [1.54, 1.807) is 18.2 Å². The lowest BCUT2D eigenvalue weighted by molar-refractivity contribution is -0.113. The maximum Gasteiger partial charge on any atom is 0.261 e. The molecular formula is C18H15BrN2O3S. The number of carbonyl (C=O) groups excluding carboxylic acids is 3. The zero-order valence-electron chi connectivity index (χ0n) is 13.6. The highest BCUT2D eigenvalue weighted by Crippen LogP contribution is 2.27. The van der Waals surface area contributed by atoms with Gasteiger partial charge in [-0.15, -0.1) is 11.8 Å². The van der Waals surface area contributed by atoms with Gasteiger partial charge in [0.15, 0.2) is 0 Å². The molecule has 128 valence electrons. The molecule has 0 fully saturated rings. The van der Waals surface area contributed by atoms with Gasteiger partial charge in [0.25, 0.3) is 11.8 Å². The van der Waals surface area contributed by atoms with E-state index in [2.05, 4.69) is 21.2 Å². The van der Waals surface area contributed by atoms with Crippen molar-refractivity contribution in [1.82, 2.24) is 4.90 Å². The number of imide groups is 1. The van der Waals surface area contributed by atoms with Crippen molar-refractivity contribution in [1.29, 1.82) is 0 Å². The van der Waals surface area contributed by atoms with Crippen molar-refractivity contribution in [3.8, 4) is 0 Å². The van der Waals surface area contributed by atoms with E-state index < -0.39 is 0 Å². The minimum Gasteiger partial charge on any atom is -0.325 e. The second-order valence-electron chi connectivity index (χ2n) is 5.68. The Morgan fingerprint density at radius 1 is 1.12 bits per heavy atom. The first-order valence-corrected chi connectivity index (χ1v) is 9.30. The van der Waals surface area contributed by atoms with E-state index in [-0.39, 0.29) is 23.5 Å². The maximum absolute atomic E-state index is 12.2. The highest BCUT2D eigenvalue weighted by Gasteiger charge is 2.32. The van der Waals surface area contributed by atoms with Gasteiger partial charge in [-0.05, 0) is 48.9 Å². The maximum atomic E-state index is 12.2. The number of aryl methyl sites for hydroxylation is 1. The molecule has 0 saturated heterocycles. The smallest absolute Gasteiger partial charge is 0.261 e. The third kappa shape index (κ3) is 3.62. The number of nitrogens with one attached hydrogen (secondary N) is 1.